The lowest BCUT2D eigenvalue weighted by Crippen LogP contribution is -2.40. The molecule has 1 aromatic rings. The van der Waals surface area contributed by atoms with Crippen molar-refractivity contribution in [3.63, 3.8) is 0 Å². The number of benzene rings is 1. The first-order valence-electron chi connectivity index (χ1n) is 5.67. The zero-order valence-electron chi connectivity index (χ0n) is 9.67. The molecule has 0 aliphatic carbocycles. The monoisotopic (exact) mass is 244 g/mol. The van der Waals surface area contributed by atoms with Crippen molar-refractivity contribution < 1.29 is 14.7 Å². The third-order valence-corrected chi connectivity index (χ3v) is 3.04. The van der Waals surface area contributed by atoms with E-state index in [0.717, 1.165) is 0 Å². The number of aliphatic carboxylic acids is 1. The number of likely N-dealkylation sites (tertiary alicyclic amines) is 1. The Balaban J connectivity index is 2.25. The maximum absolute atomic E-state index is 12.2. The molecule has 0 radical (unpaired) electrons. The van der Waals surface area contributed by atoms with Gasteiger partial charge in [0.15, 0.2) is 0 Å². The van der Waals surface area contributed by atoms with Crippen molar-refractivity contribution in [2.45, 2.75) is 18.9 Å². The van der Waals surface area contributed by atoms with Crippen LogP contribution >= 0.6 is 0 Å². The molecule has 1 N–H and O–H groups in total. The summed E-state index contributed by atoms with van der Waals surface area (Å²) in [5.74, 6) is -1.30. The summed E-state index contributed by atoms with van der Waals surface area (Å²) < 4.78 is 0. The number of carbonyl (C=O) groups excluding carboxylic acids is 1. The van der Waals surface area contributed by atoms with Gasteiger partial charge >= 0.3 is 5.97 Å². The van der Waals surface area contributed by atoms with E-state index >= 15 is 0 Å². The van der Waals surface area contributed by atoms with Crippen molar-refractivity contribution in [3.05, 3.63) is 35.4 Å². The van der Waals surface area contributed by atoms with Gasteiger partial charge in [0.2, 0.25) is 0 Å². The average molecular weight is 244 g/mol. The van der Waals surface area contributed by atoms with Crippen LogP contribution in [-0.2, 0) is 4.79 Å². The molecular weight excluding hydrogens is 232 g/mol. The minimum Gasteiger partial charge on any atom is -0.480 e. The quantitative estimate of drug-likeness (QED) is 0.848. The van der Waals surface area contributed by atoms with Crippen molar-refractivity contribution in [2.24, 2.45) is 0 Å². The standard InChI is InChI=1S/C13H12N2O3/c14-8-9-3-1-4-10(7-9)12(16)15-6-2-5-11(15)13(17)18/h1,3-4,7,11H,2,5-6H2,(H,17,18). The summed E-state index contributed by atoms with van der Waals surface area (Å²) in [6.45, 7) is 0.451. The van der Waals surface area contributed by atoms with Crippen molar-refractivity contribution in [1.82, 2.24) is 4.90 Å². The second kappa shape index (κ2) is 4.88. The highest BCUT2D eigenvalue weighted by atomic mass is 16.4. The summed E-state index contributed by atoms with van der Waals surface area (Å²) >= 11 is 0. The van der Waals surface area contributed by atoms with Crippen LogP contribution in [0.5, 0.6) is 0 Å². The van der Waals surface area contributed by atoms with Crippen molar-refractivity contribution >= 4 is 11.9 Å². The fourth-order valence-electron chi connectivity index (χ4n) is 2.15. The third-order valence-electron chi connectivity index (χ3n) is 3.04. The van der Waals surface area contributed by atoms with Crippen molar-refractivity contribution in [3.8, 4) is 6.07 Å². The van der Waals surface area contributed by atoms with Gasteiger partial charge in [-0.25, -0.2) is 4.79 Å². The second-order valence-corrected chi connectivity index (χ2v) is 4.19. The second-order valence-electron chi connectivity index (χ2n) is 4.19. The van der Waals surface area contributed by atoms with Crippen LogP contribution in [0.3, 0.4) is 0 Å². The van der Waals surface area contributed by atoms with E-state index in [9.17, 15) is 9.59 Å². The SMILES string of the molecule is N#Cc1cccc(C(=O)N2CCCC2C(=O)O)c1. The molecule has 1 saturated heterocycles. The summed E-state index contributed by atoms with van der Waals surface area (Å²) in [5, 5.41) is 17.8. The Morgan fingerprint density at radius 2 is 2.22 bits per heavy atom. The Kier molecular flexibility index (Phi) is 3.28. The van der Waals surface area contributed by atoms with Crippen molar-refractivity contribution in [1.29, 1.82) is 5.26 Å². The molecule has 1 aliphatic heterocycles. The molecular formula is C13H12N2O3. The summed E-state index contributed by atoms with van der Waals surface area (Å²) in [5.41, 5.74) is 0.758. The number of carbonyl (C=O) groups is 2. The van der Waals surface area contributed by atoms with Gasteiger partial charge in [-0.3, -0.25) is 4.79 Å². The van der Waals surface area contributed by atoms with Gasteiger partial charge in [-0.1, -0.05) is 6.07 Å². The van der Waals surface area contributed by atoms with Gasteiger partial charge in [0, 0.05) is 12.1 Å². The first-order valence-corrected chi connectivity index (χ1v) is 5.67. The van der Waals surface area contributed by atoms with Gasteiger partial charge in [-0.05, 0) is 31.0 Å². The van der Waals surface area contributed by atoms with E-state index in [1.54, 1.807) is 18.2 Å². The lowest BCUT2D eigenvalue weighted by molar-refractivity contribution is -0.141. The van der Waals surface area contributed by atoms with E-state index in [0.29, 0.717) is 30.5 Å². The zero-order chi connectivity index (χ0) is 13.1. The number of rotatable bonds is 2. The molecule has 1 heterocycles. The molecule has 1 amide bonds. The molecule has 0 aromatic heterocycles. The molecule has 0 saturated carbocycles. The topological polar surface area (TPSA) is 81.4 Å². The highest BCUT2D eigenvalue weighted by molar-refractivity contribution is 5.97. The predicted molar refractivity (Wildman–Crippen MR) is 62.9 cm³/mol. The molecule has 1 aromatic carbocycles. The Labute approximate surface area is 104 Å². The van der Waals surface area contributed by atoms with Crippen LogP contribution in [0.1, 0.15) is 28.8 Å². The van der Waals surface area contributed by atoms with E-state index in [4.69, 9.17) is 10.4 Å². The molecule has 0 spiro atoms. The predicted octanol–water partition coefficient (Wildman–Crippen LogP) is 1.25. The fraction of sp³-hybridized carbons (Fsp3) is 0.308. The maximum Gasteiger partial charge on any atom is 0.326 e. The average Bonchev–Trinajstić information content (AvgIpc) is 2.87. The molecule has 92 valence electrons. The van der Waals surface area contributed by atoms with E-state index < -0.39 is 12.0 Å². The summed E-state index contributed by atoms with van der Waals surface area (Å²) in [6, 6.07) is 7.53. The number of hydrogen-bond donors (Lipinski definition) is 1. The maximum atomic E-state index is 12.2. The molecule has 0 bridgehead atoms. The number of hydrogen-bond acceptors (Lipinski definition) is 3. The number of carboxylic acids is 1. The number of amides is 1. The van der Waals surface area contributed by atoms with Crippen LogP contribution < -0.4 is 0 Å². The van der Waals surface area contributed by atoms with Gasteiger partial charge < -0.3 is 10.0 Å². The summed E-state index contributed by atoms with van der Waals surface area (Å²) in [7, 11) is 0. The van der Waals surface area contributed by atoms with Gasteiger partial charge in [-0.15, -0.1) is 0 Å². The first-order chi connectivity index (χ1) is 8.63. The van der Waals surface area contributed by atoms with Gasteiger partial charge in [-0.2, -0.15) is 5.26 Å². The molecule has 5 nitrogen and oxygen atoms in total. The Hall–Kier alpha value is -2.35. The molecule has 18 heavy (non-hydrogen) atoms. The van der Waals surface area contributed by atoms with Crippen LogP contribution in [0, 0.1) is 11.3 Å². The van der Waals surface area contributed by atoms with Gasteiger partial charge in [0.05, 0.1) is 11.6 Å². The normalized spacial score (nSPS) is 18.4. The highest BCUT2D eigenvalue weighted by Crippen LogP contribution is 2.20. The van der Waals surface area contributed by atoms with Crippen LogP contribution in [0.2, 0.25) is 0 Å². The van der Waals surface area contributed by atoms with E-state index in [-0.39, 0.29) is 5.91 Å². The summed E-state index contributed by atoms with van der Waals surface area (Å²) in [6.07, 6.45) is 1.18. The molecule has 1 aliphatic rings. The minimum atomic E-state index is -0.975. The van der Waals surface area contributed by atoms with Crippen LogP contribution in [0.25, 0.3) is 0 Å². The molecule has 1 unspecified atom stereocenters. The first kappa shape index (κ1) is 12.1. The van der Waals surface area contributed by atoms with Crippen LogP contribution in [-0.4, -0.2) is 34.5 Å². The zero-order valence-corrected chi connectivity index (χ0v) is 9.67. The fourth-order valence-corrected chi connectivity index (χ4v) is 2.15. The molecule has 1 atom stereocenters. The molecule has 1 fully saturated rings. The van der Waals surface area contributed by atoms with Crippen LogP contribution in [0.4, 0.5) is 0 Å². The van der Waals surface area contributed by atoms with E-state index in [1.807, 2.05) is 6.07 Å². The van der Waals surface area contributed by atoms with Gasteiger partial charge in [0.25, 0.3) is 5.91 Å². The third kappa shape index (κ3) is 2.18. The smallest absolute Gasteiger partial charge is 0.326 e. The van der Waals surface area contributed by atoms with Gasteiger partial charge in [0.1, 0.15) is 6.04 Å². The molecule has 5 heteroatoms. The Bertz CT molecular complexity index is 533. The number of nitrogens with zero attached hydrogens (tertiary/aromatic N) is 2. The van der Waals surface area contributed by atoms with E-state index in [1.165, 1.54) is 11.0 Å². The number of carboxylic acid groups (broad SMARTS) is 1. The Morgan fingerprint density at radius 3 is 2.89 bits per heavy atom. The Morgan fingerprint density at radius 1 is 1.44 bits per heavy atom. The molecule has 2 rings (SSSR count). The lowest BCUT2D eigenvalue weighted by atomic mass is 10.1. The van der Waals surface area contributed by atoms with Crippen molar-refractivity contribution in [2.75, 3.05) is 6.54 Å². The summed E-state index contributed by atoms with van der Waals surface area (Å²) in [4.78, 5) is 24.6. The lowest BCUT2D eigenvalue weighted by Gasteiger charge is -2.21. The highest BCUT2D eigenvalue weighted by Gasteiger charge is 2.34. The largest absolute Gasteiger partial charge is 0.480 e. The minimum absolute atomic E-state index is 0.322. The van der Waals surface area contributed by atoms with E-state index in [2.05, 4.69) is 0 Å². The number of nitriles is 1. The van der Waals surface area contributed by atoms with Crippen LogP contribution in [0.15, 0.2) is 24.3 Å².